The summed E-state index contributed by atoms with van der Waals surface area (Å²) in [5.74, 6) is -1.94. The molecule has 0 spiro atoms. The van der Waals surface area contributed by atoms with E-state index in [9.17, 15) is 18.8 Å². The van der Waals surface area contributed by atoms with Gasteiger partial charge in [-0.1, -0.05) is 11.6 Å². The molecular weight excluding hydrogens is 365 g/mol. The minimum atomic E-state index is -1.09. The largest absolute Gasteiger partial charge is 0.464 e. The maximum Gasteiger partial charge on any atom is 0.408 e. The van der Waals surface area contributed by atoms with Gasteiger partial charge in [-0.2, -0.15) is 0 Å². The van der Waals surface area contributed by atoms with Crippen molar-refractivity contribution in [1.82, 2.24) is 5.32 Å². The van der Waals surface area contributed by atoms with Crippen molar-refractivity contribution >= 4 is 29.4 Å². The number of hydrogen-bond acceptors (Lipinski definition) is 5. The monoisotopic (exact) mass is 387 g/mol. The Morgan fingerprint density at radius 2 is 1.92 bits per heavy atom. The number of carbonyl (C=O) groups excluding carboxylic acids is 3. The maximum absolute atomic E-state index is 13.8. The lowest BCUT2D eigenvalue weighted by Gasteiger charge is -2.22. The Balaban J connectivity index is 2.79. The van der Waals surface area contributed by atoms with Crippen LogP contribution in [0, 0.1) is 5.82 Å². The number of esters is 1. The number of Topliss-reactive ketones (excluding diaryl/α,β-unsaturated/α-hetero) is 1. The standard InChI is InChI=1S/C18H23ClFNO5/c1-5-25-16(23)14(21-17(24)26-18(2,3)4)8-9-15(22)12-10-11(19)6-7-13(12)20/h6-7,10,14H,5,8-9H2,1-4H3,(H,21,24)/t14-/m1/s1. The summed E-state index contributed by atoms with van der Waals surface area (Å²) in [5.41, 5.74) is -0.916. The summed E-state index contributed by atoms with van der Waals surface area (Å²) in [7, 11) is 0. The zero-order valence-corrected chi connectivity index (χ0v) is 16.0. The Morgan fingerprint density at radius 3 is 2.50 bits per heavy atom. The lowest BCUT2D eigenvalue weighted by molar-refractivity contribution is -0.145. The third-order valence-electron chi connectivity index (χ3n) is 3.15. The topological polar surface area (TPSA) is 81.7 Å². The molecule has 1 N–H and O–H groups in total. The van der Waals surface area contributed by atoms with E-state index in [1.807, 2.05) is 0 Å². The van der Waals surface area contributed by atoms with Gasteiger partial charge in [0.05, 0.1) is 12.2 Å². The highest BCUT2D eigenvalue weighted by atomic mass is 35.5. The number of nitrogens with one attached hydrogen (secondary N) is 1. The summed E-state index contributed by atoms with van der Waals surface area (Å²) in [6.45, 7) is 6.77. The van der Waals surface area contributed by atoms with Crippen LogP contribution in [0.3, 0.4) is 0 Å². The van der Waals surface area contributed by atoms with Crippen LogP contribution in [0.15, 0.2) is 18.2 Å². The molecule has 1 rings (SSSR count). The quantitative estimate of drug-likeness (QED) is 0.566. The predicted molar refractivity (Wildman–Crippen MR) is 94.8 cm³/mol. The van der Waals surface area contributed by atoms with Gasteiger partial charge in [-0.3, -0.25) is 4.79 Å². The summed E-state index contributed by atoms with van der Waals surface area (Å²) in [5, 5.41) is 2.61. The van der Waals surface area contributed by atoms with Crippen LogP contribution >= 0.6 is 11.6 Å². The highest BCUT2D eigenvalue weighted by molar-refractivity contribution is 6.31. The summed E-state index contributed by atoms with van der Waals surface area (Å²) in [4.78, 5) is 36.1. The zero-order chi connectivity index (χ0) is 19.9. The van der Waals surface area contributed by atoms with E-state index in [1.54, 1.807) is 27.7 Å². The molecule has 8 heteroatoms. The first kappa shape index (κ1) is 21.9. The molecule has 0 heterocycles. The number of rotatable bonds is 7. The van der Waals surface area contributed by atoms with E-state index in [-0.39, 0.29) is 30.0 Å². The van der Waals surface area contributed by atoms with Crippen molar-refractivity contribution in [3.8, 4) is 0 Å². The van der Waals surface area contributed by atoms with Gasteiger partial charge in [-0.05, 0) is 52.3 Å². The molecule has 1 amide bonds. The van der Waals surface area contributed by atoms with E-state index < -0.39 is 35.3 Å². The number of amides is 1. The highest BCUT2D eigenvalue weighted by Gasteiger charge is 2.26. The summed E-state index contributed by atoms with van der Waals surface area (Å²) in [6.07, 6.45) is -1.06. The van der Waals surface area contributed by atoms with Crippen LogP contribution in [0.2, 0.25) is 5.02 Å². The van der Waals surface area contributed by atoms with Crippen molar-refractivity contribution in [3.63, 3.8) is 0 Å². The van der Waals surface area contributed by atoms with Crippen LogP contribution in [-0.2, 0) is 14.3 Å². The first-order valence-corrected chi connectivity index (χ1v) is 8.55. The molecule has 0 radical (unpaired) electrons. The van der Waals surface area contributed by atoms with Crippen LogP contribution in [0.5, 0.6) is 0 Å². The van der Waals surface area contributed by atoms with E-state index in [0.29, 0.717) is 0 Å². The molecule has 1 atom stereocenters. The minimum absolute atomic E-state index is 0.0666. The third-order valence-corrected chi connectivity index (χ3v) is 3.39. The van der Waals surface area contributed by atoms with Gasteiger partial charge < -0.3 is 14.8 Å². The van der Waals surface area contributed by atoms with E-state index in [4.69, 9.17) is 21.1 Å². The lowest BCUT2D eigenvalue weighted by atomic mass is 10.0. The Bertz CT molecular complexity index is 672. The SMILES string of the molecule is CCOC(=O)[C@@H](CCC(=O)c1cc(Cl)ccc1F)NC(=O)OC(C)(C)C. The van der Waals surface area contributed by atoms with Gasteiger partial charge in [-0.25, -0.2) is 14.0 Å². The number of carbonyl (C=O) groups is 3. The first-order chi connectivity index (χ1) is 12.0. The average molecular weight is 388 g/mol. The molecule has 0 unspecified atom stereocenters. The van der Waals surface area contributed by atoms with Crippen molar-refractivity contribution in [1.29, 1.82) is 0 Å². The Hall–Kier alpha value is -2.15. The number of halogens is 2. The van der Waals surface area contributed by atoms with Crippen molar-refractivity contribution in [2.75, 3.05) is 6.61 Å². The van der Waals surface area contributed by atoms with Gasteiger partial charge in [0.2, 0.25) is 0 Å². The Labute approximate surface area is 157 Å². The number of alkyl carbamates (subject to hydrolysis) is 1. The molecule has 0 aromatic heterocycles. The summed E-state index contributed by atoms with van der Waals surface area (Å²) < 4.78 is 23.8. The fourth-order valence-corrected chi connectivity index (χ4v) is 2.23. The second-order valence-electron chi connectivity index (χ2n) is 6.54. The molecule has 0 fully saturated rings. The van der Waals surface area contributed by atoms with Gasteiger partial charge in [0.25, 0.3) is 0 Å². The van der Waals surface area contributed by atoms with E-state index in [0.717, 1.165) is 6.07 Å². The number of benzene rings is 1. The van der Waals surface area contributed by atoms with Crippen molar-refractivity contribution in [3.05, 3.63) is 34.6 Å². The van der Waals surface area contributed by atoms with Crippen molar-refractivity contribution in [2.24, 2.45) is 0 Å². The second-order valence-corrected chi connectivity index (χ2v) is 6.97. The van der Waals surface area contributed by atoms with Crippen LogP contribution in [0.25, 0.3) is 0 Å². The molecule has 0 saturated heterocycles. The van der Waals surface area contributed by atoms with Crippen LogP contribution < -0.4 is 5.32 Å². The molecule has 1 aromatic carbocycles. The number of ether oxygens (including phenoxy) is 2. The Morgan fingerprint density at radius 1 is 1.27 bits per heavy atom. The van der Waals surface area contributed by atoms with Crippen LogP contribution in [0.1, 0.15) is 50.9 Å². The predicted octanol–water partition coefficient (Wildman–Crippen LogP) is 3.90. The molecule has 0 aliphatic rings. The van der Waals surface area contributed by atoms with E-state index in [1.165, 1.54) is 12.1 Å². The fraction of sp³-hybridized carbons (Fsp3) is 0.500. The van der Waals surface area contributed by atoms with Gasteiger partial charge in [0.1, 0.15) is 17.5 Å². The van der Waals surface area contributed by atoms with Gasteiger partial charge in [-0.15, -0.1) is 0 Å². The second kappa shape index (κ2) is 9.52. The lowest BCUT2D eigenvalue weighted by Crippen LogP contribution is -2.44. The molecule has 26 heavy (non-hydrogen) atoms. The van der Waals surface area contributed by atoms with Crippen LogP contribution in [0.4, 0.5) is 9.18 Å². The minimum Gasteiger partial charge on any atom is -0.464 e. The number of ketones is 1. The zero-order valence-electron chi connectivity index (χ0n) is 15.2. The molecule has 6 nitrogen and oxygen atoms in total. The molecular formula is C18H23ClFNO5. The smallest absolute Gasteiger partial charge is 0.408 e. The van der Waals surface area contributed by atoms with Gasteiger partial charge in [0.15, 0.2) is 5.78 Å². The molecule has 0 aliphatic heterocycles. The highest BCUT2D eigenvalue weighted by Crippen LogP contribution is 2.18. The normalized spacial score (nSPS) is 12.2. The van der Waals surface area contributed by atoms with Crippen molar-refractivity contribution in [2.45, 2.75) is 52.2 Å². The molecule has 144 valence electrons. The van der Waals surface area contributed by atoms with Gasteiger partial charge >= 0.3 is 12.1 Å². The van der Waals surface area contributed by atoms with E-state index in [2.05, 4.69) is 5.32 Å². The molecule has 1 aromatic rings. The first-order valence-electron chi connectivity index (χ1n) is 8.18. The summed E-state index contributed by atoms with van der Waals surface area (Å²) >= 11 is 5.78. The fourth-order valence-electron chi connectivity index (χ4n) is 2.06. The maximum atomic E-state index is 13.8. The Kier molecular flexibility index (Phi) is 8.02. The molecule has 0 aliphatic carbocycles. The van der Waals surface area contributed by atoms with Gasteiger partial charge in [0, 0.05) is 11.4 Å². The number of hydrogen-bond donors (Lipinski definition) is 1. The van der Waals surface area contributed by atoms with E-state index >= 15 is 0 Å². The molecule has 0 saturated carbocycles. The average Bonchev–Trinajstić information content (AvgIpc) is 2.51. The third kappa shape index (κ3) is 7.39. The van der Waals surface area contributed by atoms with Crippen LogP contribution in [-0.4, -0.2) is 36.1 Å². The van der Waals surface area contributed by atoms with Crippen molar-refractivity contribution < 1.29 is 28.2 Å². The summed E-state index contributed by atoms with van der Waals surface area (Å²) in [6, 6.07) is 2.56. The molecule has 0 bridgehead atoms.